The van der Waals surface area contributed by atoms with E-state index in [1.165, 1.54) is 13.3 Å². The predicted molar refractivity (Wildman–Crippen MR) is 89.5 cm³/mol. The highest BCUT2D eigenvalue weighted by Crippen LogP contribution is 2.21. The van der Waals surface area contributed by atoms with Crippen LogP contribution in [0.15, 0.2) is 36.9 Å². The molecule has 2 aromatic rings. The van der Waals surface area contributed by atoms with Gasteiger partial charge in [-0.05, 0) is 37.1 Å². The van der Waals surface area contributed by atoms with Crippen LogP contribution >= 0.6 is 0 Å². The van der Waals surface area contributed by atoms with Crippen molar-refractivity contribution in [2.24, 2.45) is 0 Å². The predicted octanol–water partition coefficient (Wildman–Crippen LogP) is 1.93. The van der Waals surface area contributed by atoms with E-state index in [0.29, 0.717) is 17.9 Å². The zero-order valence-corrected chi connectivity index (χ0v) is 13.5. The average Bonchev–Trinajstić information content (AvgIpc) is 3.21. The molecule has 0 aliphatic carbocycles. The van der Waals surface area contributed by atoms with Gasteiger partial charge in [-0.25, -0.2) is 9.78 Å². The van der Waals surface area contributed by atoms with Crippen molar-refractivity contribution < 1.29 is 9.59 Å². The summed E-state index contributed by atoms with van der Waals surface area (Å²) in [5, 5.41) is 9.70. The maximum absolute atomic E-state index is 12.5. The first-order valence-corrected chi connectivity index (χ1v) is 7.89. The fourth-order valence-corrected chi connectivity index (χ4v) is 2.87. The maximum Gasteiger partial charge on any atom is 0.322 e. The fourth-order valence-electron chi connectivity index (χ4n) is 2.87. The van der Waals surface area contributed by atoms with Crippen molar-refractivity contribution in [1.29, 1.82) is 0 Å². The number of urea groups is 1. The number of amides is 3. The van der Waals surface area contributed by atoms with E-state index >= 15 is 0 Å². The van der Waals surface area contributed by atoms with Crippen LogP contribution in [0.2, 0.25) is 0 Å². The molecule has 1 aromatic heterocycles. The molecule has 3 amide bonds. The van der Waals surface area contributed by atoms with E-state index in [0.717, 1.165) is 19.4 Å². The molecule has 1 aliphatic rings. The van der Waals surface area contributed by atoms with E-state index in [1.807, 2.05) is 4.90 Å². The van der Waals surface area contributed by atoms with Crippen LogP contribution < -0.4 is 10.6 Å². The SMILES string of the molecule is CC(=O)Nc1ccc(NC(=O)N2CCCC2Cn2cncn2)cc1. The zero-order valence-electron chi connectivity index (χ0n) is 13.5. The number of benzene rings is 1. The summed E-state index contributed by atoms with van der Waals surface area (Å²) in [6.45, 7) is 2.84. The van der Waals surface area contributed by atoms with Gasteiger partial charge in [0.1, 0.15) is 12.7 Å². The minimum absolute atomic E-state index is 0.116. The Morgan fingerprint density at radius 1 is 1.21 bits per heavy atom. The minimum Gasteiger partial charge on any atom is -0.326 e. The fraction of sp³-hybridized carbons (Fsp3) is 0.375. The van der Waals surface area contributed by atoms with Gasteiger partial charge in [-0.15, -0.1) is 0 Å². The van der Waals surface area contributed by atoms with E-state index in [4.69, 9.17) is 0 Å². The summed E-state index contributed by atoms with van der Waals surface area (Å²) in [5.74, 6) is -0.125. The summed E-state index contributed by atoms with van der Waals surface area (Å²) >= 11 is 0. The normalized spacial score (nSPS) is 16.9. The molecular weight excluding hydrogens is 308 g/mol. The van der Waals surface area contributed by atoms with Gasteiger partial charge in [-0.1, -0.05) is 0 Å². The number of hydrogen-bond donors (Lipinski definition) is 2. The Morgan fingerprint density at radius 2 is 1.92 bits per heavy atom. The highest BCUT2D eigenvalue weighted by atomic mass is 16.2. The quantitative estimate of drug-likeness (QED) is 0.897. The molecule has 8 nitrogen and oxygen atoms in total. The monoisotopic (exact) mass is 328 g/mol. The molecule has 2 N–H and O–H groups in total. The Morgan fingerprint density at radius 3 is 2.54 bits per heavy atom. The van der Waals surface area contributed by atoms with Gasteiger partial charge in [0.2, 0.25) is 5.91 Å². The van der Waals surface area contributed by atoms with E-state index in [-0.39, 0.29) is 18.0 Å². The number of nitrogens with zero attached hydrogens (tertiary/aromatic N) is 4. The minimum atomic E-state index is -0.125. The third-order valence-electron chi connectivity index (χ3n) is 3.96. The van der Waals surface area contributed by atoms with Gasteiger partial charge in [0.05, 0.1) is 12.6 Å². The third-order valence-corrected chi connectivity index (χ3v) is 3.96. The molecular formula is C16H20N6O2. The smallest absolute Gasteiger partial charge is 0.322 e. The van der Waals surface area contributed by atoms with Gasteiger partial charge in [0.25, 0.3) is 0 Å². The molecule has 1 aromatic carbocycles. The molecule has 3 rings (SSSR count). The summed E-state index contributed by atoms with van der Waals surface area (Å²) in [7, 11) is 0. The van der Waals surface area contributed by atoms with Crippen molar-refractivity contribution in [2.75, 3.05) is 17.2 Å². The summed E-state index contributed by atoms with van der Waals surface area (Å²) < 4.78 is 1.75. The Bertz CT molecular complexity index is 698. The maximum atomic E-state index is 12.5. The Kier molecular flexibility index (Phi) is 4.74. The lowest BCUT2D eigenvalue weighted by molar-refractivity contribution is -0.114. The van der Waals surface area contributed by atoms with E-state index in [1.54, 1.807) is 35.3 Å². The summed E-state index contributed by atoms with van der Waals surface area (Å²) in [5.41, 5.74) is 1.39. The first-order valence-electron chi connectivity index (χ1n) is 7.89. The summed E-state index contributed by atoms with van der Waals surface area (Å²) in [6, 6.07) is 7.05. The van der Waals surface area contributed by atoms with Crippen molar-refractivity contribution in [3.63, 3.8) is 0 Å². The Labute approximate surface area is 139 Å². The van der Waals surface area contributed by atoms with Crippen LogP contribution in [-0.4, -0.2) is 44.2 Å². The second-order valence-electron chi connectivity index (χ2n) is 5.80. The highest BCUT2D eigenvalue weighted by molar-refractivity contribution is 5.91. The second kappa shape index (κ2) is 7.12. The van der Waals surface area contributed by atoms with Crippen LogP contribution in [0.25, 0.3) is 0 Å². The first-order chi connectivity index (χ1) is 11.6. The Balaban J connectivity index is 1.60. The van der Waals surface area contributed by atoms with Crippen LogP contribution in [0.5, 0.6) is 0 Å². The van der Waals surface area contributed by atoms with Gasteiger partial charge in [0, 0.05) is 24.8 Å². The molecule has 0 saturated carbocycles. The zero-order chi connectivity index (χ0) is 16.9. The lowest BCUT2D eigenvalue weighted by Gasteiger charge is -2.24. The first kappa shape index (κ1) is 16.0. The van der Waals surface area contributed by atoms with Gasteiger partial charge in [-0.2, -0.15) is 5.10 Å². The van der Waals surface area contributed by atoms with E-state index < -0.39 is 0 Å². The highest BCUT2D eigenvalue weighted by Gasteiger charge is 2.29. The summed E-state index contributed by atoms with van der Waals surface area (Å²) in [6.07, 6.45) is 5.09. The standard InChI is InChI=1S/C16H20N6O2/c1-12(23)19-13-4-6-14(7-5-13)20-16(24)22-8-2-3-15(22)9-21-11-17-10-18-21/h4-7,10-11,15H,2-3,8-9H2,1H3,(H,19,23)(H,20,24). The molecule has 1 atom stereocenters. The number of anilines is 2. The average molecular weight is 328 g/mol. The lowest BCUT2D eigenvalue weighted by atomic mass is 10.2. The second-order valence-corrected chi connectivity index (χ2v) is 5.80. The van der Waals surface area contributed by atoms with Crippen molar-refractivity contribution in [3.05, 3.63) is 36.9 Å². The molecule has 0 bridgehead atoms. The molecule has 1 saturated heterocycles. The van der Waals surface area contributed by atoms with Gasteiger partial charge in [-0.3, -0.25) is 9.48 Å². The molecule has 0 radical (unpaired) electrons. The van der Waals surface area contributed by atoms with Gasteiger partial charge in [0.15, 0.2) is 0 Å². The molecule has 126 valence electrons. The Hall–Kier alpha value is -2.90. The summed E-state index contributed by atoms with van der Waals surface area (Å²) in [4.78, 5) is 29.3. The third kappa shape index (κ3) is 3.89. The molecule has 24 heavy (non-hydrogen) atoms. The van der Waals surface area contributed by atoms with E-state index in [2.05, 4.69) is 20.7 Å². The number of likely N-dealkylation sites (tertiary alicyclic amines) is 1. The van der Waals surface area contributed by atoms with Crippen LogP contribution in [0, 0.1) is 0 Å². The number of nitrogens with one attached hydrogen (secondary N) is 2. The number of rotatable bonds is 4. The number of carbonyl (C=O) groups excluding carboxylic acids is 2. The topological polar surface area (TPSA) is 92.2 Å². The lowest BCUT2D eigenvalue weighted by Crippen LogP contribution is -2.40. The molecule has 1 fully saturated rings. The van der Waals surface area contributed by atoms with Gasteiger partial charge >= 0.3 is 6.03 Å². The largest absolute Gasteiger partial charge is 0.326 e. The molecule has 1 unspecified atom stereocenters. The van der Waals surface area contributed by atoms with Gasteiger partial charge < -0.3 is 15.5 Å². The van der Waals surface area contributed by atoms with Crippen LogP contribution in [0.1, 0.15) is 19.8 Å². The molecule has 1 aliphatic heterocycles. The van der Waals surface area contributed by atoms with Crippen molar-refractivity contribution >= 4 is 23.3 Å². The van der Waals surface area contributed by atoms with Crippen molar-refractivity contribution in [2.45, 2.75) is 32.4 Å². The van der Waals surface area contributed by atoms with Crippen molar-refractivity contribution in [3.8, 4) is 0 Å². The molecule has 2 heterocycles. The van der Waals surface area contributed by atoms with Crippen molar-refractivity contribution in [1.82, 2.24) is 19.7 Å². The molecule has 0 spiro atoms. The number of aromatic nitrogens is 3. The number of carbonyl (C=O) groups is 2. The molecule has 8 heteroatoms. The van der Waals surface area contributed by atoms with Crippen LogP contribution in [-0.2, 0) is 11.3 Å². The van der Waals surface area contributed by atoms with Crippen LogP contribution in [0.3, 0.4) is 0 Å². The van der Waals surface area contributed by atoms with Crippen LogP contribution in [0.4, 0.5) is 16.2 Å². The number of hydrogen-bond acceptors (Lipinski definition) is 4. The van der Waals surface area contributed by atoms with E-state index in [9.17, 15) is 9.59 Å².